The van der Waals surface area contributed by atoms with E-state index in [1.54, 1.807) is 6.07 Å². The van der Waals surface area contributed by atoms with Gasteiger partial charge in [0.1, 0.15) is 5.82 Å². The highest BCUT2D eigenvalue weighted by atomic mass is 35.5. The van der Waals surface area contributed by atoms with Gasteiger partial charge in [-0.05, 0) is 30.9 Å². The molecule has 0 radical (unpaired) electrons. The minimum Gasteiger partial charge on any atom is -0.314 e. The predicted molar refractivity (Wildman–Crippen MR) is 90.2 cm³/mol. The first-order chi connectivity index (χ1) is 10.7. The summed E-state index contributed by atoms with van der Waals surface area (Å²) in [6, 6.07) is 3.06. The summed E-state index contributed by atoms with van der Waals surface area (Å²) in [5.74, 6) is 0.251. The van der Waals surface area contributed by atoms with Crippen LogP contribution in [0, 0.1) is 11.7 Å². The van der Waals surface area contributed by atoms with E-state index in [4.69, 9.17) is 23.2 Å². The average Bonchev–Trinajstić information content (AvgIpc) is 2.57. The highest BCUT2D eigenvalue weighted by Gasteiger charge is 2.34. The lowest BCUT2D eigenvalue weighted by Crippen LogP contribution is -2.47. The molecule has 122 valence electrons. The van der Waals surface area contributed by atoms with Crippen LogP contribution in [0.5, 0.6) is 0 Å². The molecule has 2 aliphatic rings. The first-order valence-electron chi connectivity index (χ1n) is 8.26. The standard InChI is InChI=1S/C17H23Cl2FN2/c18-13-6-7-14(20)15(16(13)19)17(12-4-2-1-3-5-12)22-10-8-21-9-11-22/h6-7,12,17,21H,1-5,8-11H2/t17-/m0/s1. The molecule has 3 rings (SSSR count). The van der Waals surface area contributed by atoms with Crippen molar-refractivity contribution in [1.82, 2.24) is 10.2 Å². The number of piperazine rings is 1. The van der Waals surface area contributed by atoms with E-state index in [0.29, 0.717) is 21.5 Å². The summed E-state index contributed by atoms with van der Waals surface area (Å²) in [5.41, 5.74) is 0.614. The van der Waals surface area contributed by atoms with Crippen LogP contribution in [0.3, 0.4) is 0 Å². The zero-order chi connectivity index (χ0) is 15.5. The predicted octanol–water partition coefficient (Wildman–Crippen LogP) is 4.66. The van der Waals surface area contributed by atoms with Crippen LogP contribution < -0.4 is 5.32 Å². The lowest BCUT2D eigenvalue weighted by atomic mass is 9.80. The van der Waals surface area contributed by atoms with Gasteiger partial charge < -0.3 is 5.32 Å². The highest BCUT2D eigenvalue weighted by molar-refractivity contribution is 6.42. The van der Waals surface area contributed by atoms with Gasteiger partial charge in [-0.25, -0.2) is 4.39 Å². The molecule has 0 spiro atoms. The fraction of sp³-hybridized carbons (Fsp3) is 0.647. The summed E-state index contributed by atoms with van der Waals surface area (Å²) in [5, 5.41) is 4.22. The maximum Gasteiger partial charge on any atom is 0.129 e. The Kier molecular flexibility index (Phi) is 5.61. The van der Waals surface area contributed by atoms with E-state index in [0.717, 1.165) is 39.0 Å². The Hall–Kier alpha value is -0.350. The van der Waals surface area contributed by atoms with Crippen LogP contribution in [0.1, 0.15) is 43.7 Å². The number of hydrogen-bond acceptors (Lipinski definition) is 2. The summed E-state index contributed by atoms with van der Waals surface area (Å²) in [6.07, 6.45) is 6.05. The van der Waals surface area contributed by atoms with Crippen molar-refractivity contribution in [3.05, 3.63) is 33.6 Å². The molecule has 1 aromatic rings. The van der Waals surface area contributed by atoms with E-state index in [-0.39, 0.29) is 11.9 Å². The Morgan fingerprint density at radius 3 is 2.45 bits per heavy atom. The number of nitrogens with zero attached hydrogens (tertiary/aromatic N) is 1. The lowest BCUT2D eigenvalue weighted by molar-refractivity contribution is 0.101. The molecule has 1 atom stereocenters. The van der Waals surface area contributed by atoms with Crippen LogP contribution in [0.4, 0.5) is 4.39 Å². The van der Waals surface area contributed by atoms with Crippen molar-refractivity contribution in [2.45, 2.75) is 38.1 Å². The van der Waals surface area contributed by atoms with Gasteiger partial charge in [0.05, 0.1) is 10.0 Å². The molecule has 1 saturated heterocycles. The summed E-state index contributed by atoms with van der Waals surface area (Å²) in [6.45, 7) is 3.76. The van der Waals surface area contributed by atoms with Gasteiger partial charge in [-0.2, -0.15) is 0 Å². The lowest BCUT2D eigenvalue weighted by Gasteiger charge is -2.41. The molecular weight excluding hydrogens is 322 g/mol. The fourth-order valence-corrected chi connectivity index (χ4v) is 4.37. The van der Waals surface area contributed by atoms with Gasteiger partial charge in [0.15, 0.2) is 0 Å². The molecule has 0 bridgehead atoms. The van der Waals surface area contributed by atoms with Gasteiger partial charge >= 0.3 is 0 Å². The quantitative estimate of drug-likeness (QED) is 0.802. The molecule has 0 amide bonds. The first-order valence-corrected chi connectivity index (χ1v) is 9.02. The zero-order valence-electron chi connectivity index (χ0n) is 12.8. The number of benzene rings is 1. The molecule has 1 saturated carbocycles. The van der Waals surface area contributed by atoms with E-state index in [1.807, 2.05) is 0 Å². The Labute approximate surface area is 142 Å². The van der Waals surface area contributed by atoms with E-state index in [9.17, 15) is 4.39 Å². The van der Waals surface area contributed by atoms with Crippen LogP contribution in [0.15, 0.2) is 12.1 Å². The smallest absolute Gasteiger partial charge is 0.129 e. The van der Waals surface area contributed by atoms with Crippen LogP contribution in [0.25, 0.3) is 0 Å². The molecule has 5 heteroatoms. The van der Waals surface area contributed by atoms with Gasteiger partial charge in [0.2, 0.25) is 0 Å². The molecule has 1 aromatic carbocycles. The maximum atomic E-state index is 14.6. The maximum absolute atomic E-state index is 14.6. The Bertz CT molecular complexity index is 494. The summed E-state index contributed by atoms with van der Waals surface area (Å²) < 4.78 is 14.6. The number of rotatable bonds is 3. The van der Waals surface area contributed by atoms with Crippen molar-refractivity contribution >= 4 is 23.2 Å². The fourth-order valence-electron chi connectivity index (χ4n) is 3.94. The van der Waals surface area contributed by atoms with Crippen LogP contribution >= 0.6 is 23.2 Å². The molecule has 2 nitrogen and oxygen atoms in total. The normalized spacial score (nSPS) is 22.7. The van der Waals surface area contributed by atoms with E-state index < -0.39 is 0 Å². The molecule has 1 aliphatic carbocycles. The van der Waals surface area contributed by atoms with Gasteiger partial charge in [-0.3, -0.25) is 4.90 Å². The van der Waals surface area contributed by atoms with Crippen molar-refractivity contribution in [3.8, 4) is 0 Å². The number of hydrogen-bond donors (Lipinski definition) is 1. The minimum atomic E-state index is -0.219. The second-order valence-corrected chi connectivity index (χ2v) is 7.17. The summed E-state index contributed by atoms with van der Waals surface area (Å²) in [7, 11) is 0. The molecule has 0 aromatic heterocycles. The third-order valence-electron chi connectivity index (χ3n) is 5.02. The van der Waals surface area contributed by atoms with Gasteiger partial charge in [0.25, 0.3) is 0 Å². The second-order valence-electron chi connectivity index (χ2n) is 6.39. The van der Waals surface area contributed by atoms with Gasteiger partial charge in [-0.1, -0.05) is 42.5 Å². The van der Waals surface area contributed by atoms with Crippen molar-refractivity contribution in [2.24, 2.45) is 5.92 Å². The Morgan fingerprint density at radius 1 is 1.09 bits per heavy atom. The van der Waals surface area contributed by atoms with E-state index >= 15 is 0 Å². The molecule has 1 aliphatic heterocycles. The molecule has 0 unspecified atom stereocenters. The first kappa shape index (κ1) is 16.5. The summed E-state index contributed by atoms with van der Waals surface area (Å²) in [4.78, 5) is 2.40. The largest absolute Gasteiger partial charge is 0.314 e. The third-order valence-corrected chi connectivity index (χ3v) is 5.84. The molecular formula is C17H23Cl2FN2. The Balaban J connectivity index is 1.98. The van der Waals surface area contributed by atoms with Crippen molar-refractivity contribution in [2.75, 3.05) is 26.2 Å². The van der Waals surface area contributed by atoms with E-state index in [1.165, 1.54) is 25.3 Å². The van der Waals surface area contributed by atoms with Crippen molar-refractivity contribution in [3.63, 3.8) is 0 Å². The van der Waals surface area contributed by atoms with Crippen molar-refractivity contribution < 1.29 is 4.39 Å². The summed E-state index contributed by atoms with van der Waals surface area (Å²) >= 11 is 12.6. The highest BCUT2D eigenvalue weighted by Crippen LogP contribution is 2.43. The van der Waals surface area contributed by atoms with Gasteiger partial charge in [0, 0.05) is 37.8 Å². The number of halogens is 3. The average molecular weight is 345 g/mol. The topological polar surface area (TPSA) is 15.3 Å². The molecule has 2 fully saturated rings. The molecule has 1 heterocycles. The second kappa shape index (κ2) is 7.48. The third kappa shape index (κ3) is 3.43. The SMILES string of the molecule is Fc1ccc(Cl)c(Cl)c1[C@H](C1CCCCC1)N1CCNCC1. The van der Waals surface area contributed by atoms with Crippen LogP contribution in [-0.2, 0) is 0 Å². The Morgan fingerprint density at radius 2 is 1.77 bits per heavy atom. The van der Waals surface area contributed by atoms with Crippen LogP contribution in [0.2, 0.25) is 10.0 Å². The van der Waals surface area contributed by atoms with Gasteiger partial charge in [-0.15, -0.1) is 0 Å². The van der Waals surface area contributed by atoms with E-state index in [2.05, 4.69) is 10.2 Å². The minimum absolute atomic E-state index is 0.0496. The monoisotopic (exact) mass is 344 g/mol. The van der Waals surface area contributed by atoms with Crippen LogP contribution in [-0.4, -0.2) is 31.1 Å². The molecule has 1 N–H and O–H groups in total. The molecule has 22 heavy (non-hydrogen) atoms. The van der Waals surface area contributed by atoms with Crippen molar-refractivity contribution in [1.29, 1.82) is 0 Å². The number of nitrogens with one attached hydrogen (secondary N) is 1. The zero-order valence-corrected chi connectivity index (χ0v) is 14.3.